The fourth-order valence-corrected chi connectivity index (χ4v) is 3.40. The Bertz CT molecular complexity index is 953. The van der Waals surface area contributed by atoms with Crippen LogP contribution >= 0.6 is 11.8 Å². The van der Waals surface area contributed by atoms with Crippen molar-refractivity contribution in [3.63, 3.8) is 0 Å². The summed E-state index contributed by atoms with van der Waals surface area (Å²) in [5, 5.41) is 12.3. The van der Waals surface area contributed by atoms with Crippen molar-refractivity contribution < 1.29 is 4.79 Å². The number of rotatable bonds is 7. The molecule has 6 nitrogen and oxygen atoms in total. The Morgan fingerprint density at radius 2 is 1.96 bits per heavy atom. The van der Waals surface area contributed by atoms with Crippen LogP contribution in [-0.2, 0) is 4.79 Å². The van der Waals surface area contributed by atoms with Crippen LogP contribution in [0.4, 0.5) is 0 Å². The number of aryl methyl sites for hydroxylation is 2. The summed E-state index contributed by atoms with van der Waals surface area (Å²) >= 11 is 1.38. The lowest BCUT2D eigenvalue weighted by atomic mass is 10.1. The fraction of sp³-hybridized carbons (Fsp3) is 0.333. The largest absolute Gasteiger partial charge is 0.355 e. The van der Waals surface area contributed by atoms with Crippen LogP contribution in [0, 0.1) is 19.8 Å². The first-order valence-corrected chi connectivity index (χ1v) is 10.3. The van der Waals surface area contributed by atoms with Gasteiger partial charge in [0.15, 0.2) is 11.0 Å². The predicted octanol–water partition coefficient (Wildman–Crippen LogP) is 3.81. The van der Waals surface area contributed by atoms with E-state index in [2.05, 4.69) is 60.3 Å². The standard InChI is InChI=1S/C21H25N5OS/c1-14(2)12-23-19(27)13-28-21-25-24-20(18-7-5-6-10-22-18)26(21)17-9-8-15(3)16(4)11-17/h5-11,14H,12-13H2,1-4H3,(H,23,27). The number of carbonyl (C=O) groups is 1. The summed E-state index contributed by atoms with van der Waals surface area (Å²) in [5.41, 5.74) is 4.10. The molecule has 0 bridgehead atoms. The molecule has 3 rings (SSSR count). The molecule has 0 aliphatic rings. The van der Waals surface area contributed by atoms with E-state index >= 15 is 0 Å². The van der Waals surface area contributed by atoms with Crippen molar-refractivity contribution in [2.24, 2.45) is 5.92 Å². The van der Waals surface area contributed by atoms with Crippen LogP contribution in [0.3, 0.4) is 0 Å². The van der Waals surface area contributed by atoms with E-state index in [1.807, 2.05) is 28.8 Å². The monoisotopic (exact) mass is 395 g/mol. The minimum Gasteiger partial charge on any atom is -0.355 e. The molecule has 0 aliphatic carbocycles. The van der Waals surface area contributed by atoms with Gasteiger partial charge >= 0.3 is 0 Å². The molecule has 0 unspecified atom stereocenters. The van der Waals surface area contributed by atoms with Gasteiger partial charge in [-0.3, -0.25) is 14.3 Å². The molecule has 3 aromatic rings. The maximum absolute atomic E-state index is 12.1. The molecule has 0 saturated carbocycles. The Labute approximate surface area is 169 Å². The molecule has 1 amide bonds. The number of amides is 1. The highest BCUT2D eigenvalue weighted by Gasteiger charge is 2.18. The average molecular weight is 396 g/mol. The van der Waals surface area contributed by atoms with Crippen molar-refractivity contribution in [1.82, 2.24) is 25.1 Å². The lowest BCUT2D eigenvalue weighted by molar-refractivity contribution is -0.118. The van der Waals surface area contributed by atoms with Crippen molar-refractivity contribution in [1.29, 1.82) is 0 Å². The highest BCUT2D eigenvalue weighted by molar-refractivity contribution is 7.99. The van der Waals surface area contributed by atoms with E-state index in [9.17, 15) is 4.79 Å². The topological polar surface area (TPSA) is 72.7 Å². The van der Waals surface area contributed by atoms with Crippen LogP contribution in [0.25, 0.3) is 17.2 Å². The predicted molar refractivity (Wildman–Crippen MR) is 113 cm³/mol. The first-order chi connectivity index (χ1) is 13.5. The van der Waals surface area contributed by atoms with Gasteiger partial charge in [-0.25, -0.2) is 0 Å². The molecule has 2 heterocycles. The van der Waals surface area contributed by atoms with E-state index in [1.54, 1.807) is 6.20 Å². The Kier molecular flexibility index (Phi) is 6.46. The zero-order valence-electron chi connectivity index (χ0n) is 16.6. The van der Waals surface area contributed by atoms with Gasteiger partial charge in [-0.1, -0.05) is 37.7 Å². The van der Waals surface area contributed by atoms with E-state index in [4.69, 9.17) is 0 Å². The first-order valence-electron chi connectivity index (χ1n) is 9.29. The number of nitrogens with one attached hydrogen (secondary N) is 1. The number of nitrogens with zero attached hydrogens (tertiary/aromatic N) is 4. The SMILES string of the molecule is Cc1ccc(-n2c(SCC(=O)NCC(C)C)nnc2-c2ccccn2)cc1C. The minimum absolute atomic E-state index is 0.00674. The van der Waals surface area contributed by atoms with Gasteiger partial charge in [-0.05, 0) is 55.2 Å². The first kappa shape index (κ1) is 20.1. The Morgan fingerprint density at radius 1 is 1.14 bits per heavy atom. The van der Waals surface area contributed by atoms with Crippen molar-refractivity contribution in [2.45, 2.75) is 32.9 Å². The Morgan fingerprint density at radius 3 is 2.64 bits per heavy atom. The van der Waals surface area contributed by atoms with Gasteiger partial charge < -0.3 is 5.32 Å². The van der Waals surface area contributed by atoms with Gasteiger partial charge in [0.1, 0.15) is 5.69 Å². The van der Waals surface area contributed by atoms with Crippen molar-refractivity contribution in [2.75, 3.05) is 12.3 Å². The van der Waals surface area contributed by atoms with E-state index < -0.39 is 0 Å². The molecule has 0 saturated heterocycles. The molecule has 0 spiro atoms. The number of thioether (sulfide) groups is 1. The second-order valence-corrected chi connectivity index (χ2v) is 8.05. The molecule has 0 atom stereocenters. The Balaban J connectivity index is 1.93. The van der Waals surface area contributed by atoms with Crippen molar-refractivity contribution in [3.8, 4) is 17.2 Å². The zero-order chi connectivity index (χ0) is 20.1. The highest BCUT2D eigenvalue weighted by atomic mass is 32.2. The second-order valence-electron chi connectivity index (χ2n) is 7.11. The summed E-state index contributed by atoms with van der Waals surface area (Å²) in [7, 11) is 0. The van der Waals surface area contributed by atoms with E-state index in [0.717, 1.165) is 11.4 Å². The Hall–Kier alpha value is -2.67. The van der Waals surface area contributed by atoms with Crippen molar-refractivity contribution in [3.05, 3.63) is 53.7 Å². The van der Waals surface area contributed by atoms with E-state index in [1.165, 1.54) is 22.9 Å². The fourth-order valence-electron chi connectivity index (χ4n) is 2.62. The van der Waals surface area contributed by atoms with Gasteiger partial charge in [-0.2, -0.15) is 0 Å². The summed E-state index contributed by atoms with van der Waals surface area (Å²) in [5.74, 6) is 1.36. The van der Waals surface area contributed by atoms with Crippen LogP contribution in [0.2, 0.25) is 0 Å². The van der Waals surface area contributed by atoms with Gasteiger partial charge in [0.2, 0.25) is 5.91 Å². The van der Waals surface area contributed by atoms with E-state index in [0.29, 0.717) is 23.4 Å². The third-order valence-corrected chi connectivity index (χ3v) is 5.24. The maximum Gasteiger partial charge on any atom is 0.230 e. The quantitative estimate of drug-likeness (QED) is 0.616. The van der Waals surface area contributed by atoms with Crippen LogP contribution in [0.1, 0.15) is 25.0 Å². The van der Waals surface area contributed by atoms with Crippen molar-refractivity contribution >= 4 is 17.7 Å². The molecule has 7 heteroatoms. The van der Waals surface area contributed by atoms with E-state index in [-0.39, 0.29) is 11.7 Å². The molecule has 2 aromatic heterocycles. The molecule has 1 N–H and O–H groups in total. The summed E-state index contributed by atoms with van der Waals surface area (Å²) in [6.45, 7) is 8.98. The third kappa shape index (κ3) is 4.78. The zero-order valence-corrected chi connectivity index (χ0v) is 17.5. The molecule has 28 heavy (non-hydrogen) atoms. The summed E-state index contributed by atoms with van der Waals surface area (Å²) < 4.78 is 1.97. The van der Waals surface area contributed by atoms with Gasteiger partial charge in [0.25, 0.3) is 0 Å². The molecule has 0 fully saturated rings. The number of benzene rings is 1. The molecular formula is C21H25N5OS. The number of aromatic nitrogens is 4. The smallest absolute Gasteiger partial charge is 0.230 e. The molecule has 0 radical (unpaired) electrons. The van der Waals surface area contributed by atoms with Gasteiger partial charge in [-0.15, -0.1) is 10.2 Å². The normalized spacial score (nSPS) is 11.0. The second kappa shape index (κ2) is 9.01. The van der Waals surface area contributed by atoms with Gasteiger partial charge in [0, 0.05) is 12.7 Å². The number of carbonyl (C=O) groups excluding carboxylic acids is 1. The lowest BCUT2D eigenvalue weighted by Gasteiger charge is -2.12. The number of pyridine rings is 1. The van der Waals surface area contributed by atoms with Crippen LogP contribution < -0.4 is 5.32 Å². The highest BCUT2D eigenvalue weighted by Crippen LogP contribution is 2.27. The number of hydrogen-bond donors (Lipinski definition) is 1. The minimum atomic E-state index is -0.00674. The summed E-state index contributed by atoms with van der Waals surface area (Å²) in [6.07, 6.45) is 1.74. The molecular weight excluding hydrogens is 370 g/mol. The number of hydrogen-bond acceptors (Lipinski definition) is 5. The summed E-state index contributed by atoms with van der Waals surface area (Å²) in [6, 6.07) is 11.9. The van der Waals surface area contributed by atoms with Crippen LogP contribution in [0.15, 0.2) is 47.8 Å². The average Bonchev–Trinajstić information content (AvgIpc) is 3.11. The molecule has 146 valence electrons. The molecule has 0 aliphatic heterocycles. The van der Waals surface area contributed by atoms with Gasteiger partial charge in [0.05, 0.1) is 11.4 Å². The maximum atomic E-state index is 12.1. The third-order valence-electron chi connectivity index (χ3n) is 4.32. The summed E-state index contributed by atoms with van der Waals surface area (Å²) in [4.78, 5) is 16.6. The molecule has 1 aromatic carbocycles. The van der Waals surface area contributed by atoms with Crippen LogP contribution in [0.5, 0.6) is 0 Å². The van der Waals surface area contributed by atoms with Crippen LogP contribution in [-0.4, -0.2) is 38.0 Å². The lowest BCUT2D eigenvalue weighted by Crippen LogP contribution is -2.28.